The molecule has 2 aliphatic rings. The van der Waals surface area contributed by atoms with Crippen molar-refractivity contribution in [1.29, 1.82) is 0 Å². The third-order valence-electron chi connectivity index (χ3n) is 4.71. The highest BCUT2D eigenvalue weighted by atomic mass is 32.1. The van der Waals surface area contributed by atoms with Crippen LogP contribution in [0.25, 0.3) is 0 Å². The number of thiophene rings is 1. The Kier molecular flexibility index (Phi) is 4.78. The van der Waals surface area contributed by atoms with Crippen LogP contribution in [0, 0.1) is 0 Å². The normalized spacial score (nSPS) is 25.2. The summed E-state index contributed by atoms with van der Waals surface area (Å²) >= 11 is 1.45. The second-order valence-electron chi connectivity index (χ2n) is 6.08. The number of amides is 2. The molecule has 2 atom stereocenters. The van der Waals surface area contributed by atoms with Gasteiger partial charge in [-0.25, -0.2) is 0 Å². The largest absolute Gasteiger partial charge is 0.340 e. The molecule has 22 heavy (non-hydrogen) atoms. The van der Waals surface area contributed by atoms with Crippen molar-refractivity contribution in [2.45, 2.75) is 37.8 Å². The molecule has 0 spiro atoms. The van der Waals surface area contributed by atoms with E-state index in [4.69, 9.17) is 0 Å². The minimum absolute atomic E-state index is 0.00555. The van der Waals surface area contributed by atoms with Gasteiger partial charge < -0.3 is 15.1 Å². The molecule has 0 radical (unpaired) electrons. The SMILES string of the molecule is CN(C(=O)C1CCCCN1C(=O)c1cccs1)C1CCNC1. The molecule has 2 fully saturated rings. The molecule has 1 aromatic heterocycles. The molecule has 0 saturated carbocycles. The van der Waals surface area contributed by atoms with Crippen LogP contribution in [0.15, 0.2) is 17.5 Å². The number of carbonyl (C=O) groups is 2. The quantitative estimate of drug-likeness (QED) is 0.919. The van der Waals surface area contributed by atoms with Gasteiger partial charge in [-0.1, -0.05) is 6.07 Å². The molecular weight excluding hydrogens is 298 g/mol. The molecule has 120 valence electrons. The maximum atomic E-state index is 12.9. The summed E-state index contributed by atoms with van der Waals surface area (Å²) in [5.74, 6) is 0.101. The average Bonchev–Trinajstić information content (AvgIpc) is 3.25. The van der Waals surface area contributed by atoms with Gasteiger partial charge in [0.25, 0.3) is 5.91 Å². The first-order valence-electron chi connectivity index (χ1n) is 8.00. The summed E-state index contributed by atoms with van der Waals surface area (Å²) in [4.78, 5) is 29.9. The summed E-state index contributed by atoms with van der Waals surface area (Å²) in [6, 6.07) is 3.69. The Labute approximate surface area is 135 Å². The van der Waals surface area contributed by atoms with Gasteiger partial charge in [-0.15, -0.1) is 11.3 Å². The molecule has 1 N–H and O–H groups in total. The first-order chi connectivity index (χ1) is 10.7. The van der Waals surface area contributed by atoms with Gasteiger partial charge in [-0.2, -0.15) is 0 Å². The molecule has 2 unspecified atom stereocenters. The molecule has 1 aromatic rings. The first kappa shape index (κ1) is 15.5. The van der Waals surface area contributed by atoms with E-state index in [9.17, 15) is 9.59 Å². The van der Waals surface area contributed by atoms with Crippen molar-refractivity contribution in [3.63, 3.8) is 0 Å². The van der Waals surface area contributed by atoms with Crippen LogP contribution < -0.4 is 5.32 Å². The molecule has 0 aliphatic carbocycles. The Morgan fingerprint density at radius 2 is 2.23 bits per heavy atom. The fraction of sp³-hybridized carbons (Fsp3) is 0.625. The predicted octanol–water partition coefficient (Wildman–Crippen LogP) is 1.56. The van der Waals surface area contributed by atoms with Crippen LogP contribution in [0.5, 0.6) is 0 Å². The van der Waals surface area contributed by atoms with Crippen LogP contribution in [-0.4, -0.2) is 60.4 Å². The van der Waals surface area contributed by atoms with Crippen molar-refractivity contribution in [3.05, 3.63) is 22.4 Å². The third kappa shape index (κ3) is 3.03. The van der Waals surface area contributed by atoms with E-state index in [1.807, 2.05) is 29.5 Å². The maximum Gasteiger partial charge on any atom is 0.264 e. The van der Waals surface area contributed by atoms with Crippen molar-refractivity contribution in [3.8, 4) is 0 Å². The van der Waals surface area contributed by atoms with Crippen molar-refractivity contribution < 1.29 is 9.59 Å². The van der Waals surface area contributed by atoms with E-state index in [2.05, 4.69) is 5.32 Å². The molecular formula is C16H23N3O2S. The van der Waals surface area contributed by atoms with Gasteiger partial charge in [-0.05, 0) is 43.7 Å². The maximum absolute atomic E-state index is 12.9. The van der Waals surface area contributed by atoms with E-state index in [0.29, 0.717) is 6.54 Å². The Morgan fingerprint density at radius 1 is 1.36 bits per heavy atom. The van der Waals surface area contributed by atoms with Gasteiger partial charge >= 0.3 is 0 Å². The van der Waals surface area contributed by atoms with Crippen LogP contribution in [0.3, 0.4) is 0 Å². The lowest BCUT2D eigenvalue weighted by Crippen LogP contribution is -2.54. The van der Waals surface area contributed by atoms with E-state index >= 15 is 0 Å². The summed E-state index contributed by atoms with van der Waals surface area (Å²) in [5.41, 5.74) is 0. The highest BCUT2D eigenvalue weighted by Crippen LogP contribution is 2.24. The number of likely N-dealkylation sites (tertiary alicyclic amines) is 1. The van der Waals surface area contributed by atoms with Crippen molar-refractivity contribution in [1.82, 2.24) is 15.1 Å². The van der Waals surface area contributed by atoms with Crippen LogP contribution >= 0.6 is 11.3 Å². The lowest BCUT2D eigenvalue weighted by Gasteiger charge is -2.38. The molecule has 5 nitrogen and oxygen atoms in total. The fourth-order valence-corrected chi connectivity index (χ4v) is 4.04. The smallest absolute Gasteiger partial charge is 0.264 e. The number of hydrogen-bond acceptors (Lipinski definition) is 4. The minimum Gasteiger partial charge on any atom is -0.340 e. The molecule has 3 heterocycles. The Morgan fingerprint density at radius 3 is 2.91 bits per heavy atom. The zero-order valence-electron chi connectivity index (χ0n) is 13.0. The number of hydrogen-bond donors (Lipinski definition) is 1. The molecule has 0 bridgehead atoms. The monoisotopic (exact) mass is 321 g/mol. The van der Waals surface area contributed by atoms with Gasteiger partial charge in [0.05, 0.1) is 4.88 Å². The molecule has 0 aromatic carbocycles. The van der Waals surface area contributed by atoms with E-state index < -0.39 is 0 Å². The van der Waals surface area contributed by atoms with Crippen LogP contribution in [0.4, 0.5) is 0 Å². The zero-order valence-corrected chi connectivity index (χ0v) is 13.8. The summed E-state index contributed by atoms with van der Waals surface area (Å²) in [6.07, 6.45) is 3.77. The van der Waals surface area contributed by atoms with Crippen molar-refractivity contribution in [2.75, 3.05) is 26.7 Å². The molecule has 2 saturated heterocycles. The summed E-state index contributed by atoms with van der Waals surface area (Å²) < 4.78 is 0. The summed E-state index contributed by atoms with van der Waals surface area (Å²) in [6.45, 7) is 2.50. The molecule has 3 rings (SSSR count). The molecule has 2 amide bonds. The predicted molar refractivity (Wildman–Crippen MR) is 87.0 cm³/mol. The number of carbonyl (C=O) groups excluding carboxylic acids is 2. The van der Waals surface area contributed by atoms with E-state index in [1.165, 1.54) is 11.3 Å². The Balaban J connectivity index is 1.74. The number of rotatable bonds is 3. The summed E-state index contributed by atoms with van der Waals surface area (Å²) in [7, 11) is 1.88. The Hall–Kier alpha value is -1.40. The number of piperidine rings is 1. The van der Waals surface area contributed by atoms with Gasteiger partial charge in [-0.3, -0.25) is 9.59 Å². The fourth-order valence-electron chi connectivity index (χ4n) is 3.36. The number of nitrogens with one attached hydrogen (secondary N) is 1. The highest BCUT2D eigenvalue weighted by molar-refractivity contribution is 7.12. The average molecular weight is 321 g/mol. The second kappa shape index (κ2) is 6.79. The van der Waals surface area contributed by atoms with E-state index in [-0.39, 0.29) is 23.9 Å². The highest BCUT2D eigenvalue weighted by Gasteiger charge is 2.36. The standard InChI is InChI=1S/C16H23N3O2S/c1-18(12-7-8-17-11-12)15(20)13-5-2-3-9-19(13)16(21)14-6-4-10-22-14/h4,6,10,12-13,17H,2-3,5,7-9,11H2,1H3. The number of likely N-dealkylation sites (N-methyl/N-ethyl adjacent to an activating group) is 1. The van der Waals surface area contributed by atoms with Crippen LogP contribution in [-0.2, 0) is 4.79 Å². The van der Waals surface area contributed by atoms with Gasteiger partial charge in [0, 0.05) is 26.2 Å². The summed E-state index contributed by atoms with van der Waals surface area (Å²) in [5, 5.41) is 5.20. The first-order valence-corrected chi connectivity index (χ1v) is 8.88. The third-order valence-corrected chi connectivity index (χ3v) is 5.57. The van der Waals surface area contributed by atoms with Crippen LogP contribution in [0.2, 0.25) is 0 Å². The lowest BCUT2D eigenvalue weighted by atomic mass is 10.00. The van der Waals surface area contributed by atoms with Crippen molar-refractivity contribution >= 4 is 23.2 Å². The van der Waals surface area contributed by atoms with E-state index in [0.717, 1.165) is 43.6 Å². The van der Waals surface area contributed by atoms with Gasteiger partial charge in [0.1, 0.15) is 6.04 Å². The minimum atomic E-state index is -0.297. The van der Waals surface area contributed by atoms with Crippen LogP contribution in [0.1, 0.15) is 35.4 Å². The molecule has 2 aliphatic heterocycles. The zero-order chi connectivity index (χ0) is 15.5. The topological polar surface area (TPSA) is 52.7 Å². The molecule has 6 heteroatoms. The Bertz CT molecular complexity index is 526. The number of nitrogens with zero attached hydrogens (tertiary/aromatic N) is 2. The van der Waals surface area contributed by atoms with Gasteiger partial charge in [0.15, 0.2) is 0 Å². The van der Waals surface area contributed by atoms with Crippen molar-refractivity contribution in [2.24, 2.45) is 0 Å². The lowest BCUT2D eigenvalue weighted by molar-refractivity contribution is -0.137. The van der Waals surface area contributed by atoms with Gasteiger partial charge in [0.2, 0.25) is 5.91 Å². The van der Waals surface area contributed by atoms with E-state index in [1.54, 1.807) is 4.90 Å². The second-order valence-corrected chi connectivity index (χ2v) is 7.03.